The summed E-state index contributed by atoms with van der Waals surface area (Å²) in [5.74, 6) is 1.25. The van der Waals surface area contributed by atoms with E-state index in [1.807, 2.05) is 32.9 Å². The maximum Gasteiger partial charge on any atom is 0.320 e. The number of carbonyl (C=O) groups excluding carboxylic acids is 1. The van der Waals surface area contributed by atoms with Gasteiger partial charge in [0.25, 0.3) is 0 Å². The summed E-state index contributed by atoms with van der Waals surface area (Å²) >= 11 is 3.42. The molecule has 0 aromatic heterocycles. The molecule has 124 valence electrons. The van der Waals surface area contributed by atoms with Crippen LogP contribution in [0, 0.1) is 0 Å². The van der Waals surface area contributed by atoms with Crippen LogP contribution in [0.5, 0.6) is 11.5 Å². The summed E-state index contributed by atoms with van der Waals surface area (Å²) in [5.41, 5.74) is 0.501. The smallest absolute Gasteiger partial charge is 0.320 e. The molecule has 0 unspecified atom stereocenters. The molecule has 0 heterocycles. The highest BCUT2D eigenvalue weighted by Gasteiger charge is 2.16. The number of halogens is 1. The van der Waals surface area contributed by atoms with Gasteiger partial charge >= 0.3 is 5.97 Å². The molecule has 1 aromatic carbocycles. The Labute approximate surface area is 140 Å². The van der Waals surface area contributed by atoms with Crippen molar-refractivity contribution in [1.82, 2.24) is 5.32 Å². The standard InChI is InChI=1S/C16H24BrNO4/c1-16(2,3)22-15(19)10-18-7-6-12-13(20-4)8-11(17)9-14(12)21-5/h8-9,18H,6-7,10H2,1-5H3. The predicted molar refractivity (Wildman–Crippen MR) is 89.7 cm³/mol. The Hall–Kier alpha value is -1.27. The van der Waals surface area contributed by atoms with Gasteiger partial charge in [-0.25, -0.2) is 0 Å². The molecule has 0 aliphatic carbocycles. The van der Waals surface area contributed by atoms with E-state index in [0.717, 1.165) is 21.5 Å². The normalized spacial score (nSPS) is 11.2. The third kappa shape index (κ3) is 6.23. The third-order valence-corrected chi connectivity index (χ3v) is 3.27. The van der Waals surface area contributed by atoms with Gasteiger partial charge in [-0.1, -0.05) is 15.9 Å². The van der Waals surface area contributed by atoms with E-state index in [0.29, 0.717) is 13.0 Å². The van der Waals surface area contributed by atoms with Crippen LogP contribution < -0.4 is 14.8 Å². The van der Waals surface area contributed by atoms with Crippen molar-refractivity contribution < 1.29 is 19.0 Å². The minimum absolute atomic E-state index is 0.179. The molecule has 0 spiro atoms. The van der Waals surface area contributed by atoms with E-state index < -0.39 is 5.60 Å². The SMILES string of the molecule is COc1cc(Br)cc(OC)c1CCNCC(=O)OC(C)(C)C. The summed E-state index contributed by atoms with van der Waals surface area (Å²) in [4.78, 5) is 11.6. The molecule has 0 radical (unpaired) electrons. The number of benzene rings is 1. The van der Waals surface area contributed by atoms with E-state index in [2.05, 4.69) is 21.2 Å². The van der Waals surface area contributed by atoms with Gasteiger partial charge < -0.3 is 19.5 Å². The molecular formula is C16H24BrNO4. The monoisotopic (exact) mass is 373 g/mol. The summed E-state index contributed by atoms with van der Waals surface area (Å²) < 4.78 is 16.9. The lowest BCUT2D eigenvalue weighted by Gasteiger charge is -2.19. The van der Waals surface area contributed by atoms with E-state index in [1.165, 1.54) is 0 Å². The van der Waals surface area contributed by atoms with Crippen molar-refractivity contribution in [2.45, 2.75) is 32.8 Å². The molecule has 5 nitrogen and oxygen atoms in total. The molecule has 0 bridgehead atoms. The average molecular weight is 374 g/mol. The summed E-state index contributed by atoms with van der Waals surface area (Å²) in [6.07, 6.45) is 0.683. The fraction of sp³-hybridized carbons (Fsp3) is 0.562. The van der Waals surface area contributed by atoms with E-state index in [4.69, 9.17) is 14.2 Å². The number of rotatable bonds is 7. The Balaban J connectivity index is 2.56. The van der Waals surface area contributed by atoms with Crippen molar-refractivity contribution in [3.05, 3.63) is 22.2 Å². The van der Waals surface area contributed by atoms with Gasteiger partial charge in [-0.2, -0.15) is 0 Å². The number of nitrogens with one attached hydrogen (secondary N) is 1. The summed E-state index contributed by atoms with van der Waals surface area (Å²) in [5, 5.41) is 3.08. The zero-order valence-electron chi connectivity index (χ0n) is 13.8. The Bertz CT molecular complexity index is 486. The maximum atomic E-state index is 11.6. The number of hydrogen-bond donors (Lipinski definition) is 1. The van der Waals surface area contributed by atoms with Gasteiger partial charge in [0, 0.05) is 10.0 Å². The van der Waals surface area contributed by atoms with Crippen molar-refractivity contribution >= 4 is 21.9 Å². The predicted octanol–water partition coefficient (Wildman–Crippen LogP) is 2.94. The van der Waals surface area contributed by atoms with Crippen molar-refractivity contribution in [2.75, 3.05) is 27.3 Å². The zero-order chi connectivity index (χ0) is 16.8. The molecule has 0 saturated carbocycles. The molecule has 0 aliphatic heterocycles. The van der Waals surface area contributed by atoms with Crippen molar-refractivity contribution in [1.29, 1.82) is 0 Å². The van der Waals surface area contributed by atoms with Gasteiger partial charge in [0.05, 0.1) is 20.8 Å². The van der Waals surface area contributed by atoms with Crippen molar-refractivity contribution in [3.63, 3.8) is 0 Å². The van der Waals surface area contributed by atoms with E-state index in [1.54, 1.807) is 14.2 Å². The number of esters is 1. The fourth-order valence-electron chi connectivity index (χ4n) is 1.98. The topological polar surface area (TPSA) is 56.8 Å². The Morgan fingerprint density at radius 2 is 1.73 bits per heavy atom. The van der Waals surface area contributed by atoms with Gasteiger partial charge in [-0.15, -0.1) is 0 Å². The van der Waals surface area contributed by atoms with Crippen LogP contribution in [0.3, 0.4) is 0 Å². The number of methoxy groups -OCH3 is 2. The van der Waals surface area contributed by atoms with Crippen LogP contribution in [-0.2, 0) is 16.0 Å². The van der Waals surface area contributed by atoms with Crippen molar-refractivity contribution in [3.8, 4) is 11.5 Å². The lowest BCUT2D eigenvalue weighted by molar-refractivity contribution is -0.153. The summed E-state index contributed by atoms with van der Waals surface area (Å²) in [7, 11) is 3.25. The van der Waals surface area contributed by atoms with E-state index in [9.17, 15) is 4.79 Å². The van der Waals surface area contributed by atoms with Crippen molar-refractivity contribution in [2.24, 2.45) is 0 Å². The van der Waals surface area contributed by atoms with Crippen LogP contribution in [0.15, 0.2) is 16.6 Å². The quantitative estimate of drug-likeness (QED) is 0.588. The van der Waals surface area contributed by atoms with E-state index >= 15 is 0 Å². The first-order valence-corrected chi connectivity index (χ1v) is 7.89. The van der Waals surface area contributed by atoms with Gasteiger partial charge in [0.15, 0.2) is 0 Å². The first kappa shape index (κ1) is 18.8. The Morgan fingerprint density at radius 1 is 1.18 bits per heavy atom. The Kier molecular flexibility index (Phi) is 7.16. The Morgan fingerprint density at radius 3 is 2.18 bits per heavy atom. The van der Waals surface area contributed by atoms with Crippen LogP contribution in [0.4, 0.5) is 0 Å². The molecule has 22 heavy (non-hydrogen) atoms. The minimum Gasteiger partial charge on any atom is -0.496 e. The molecule has 1 aromatic rings. The number of ether oxygens (including phenoxy) is 3. The largest absolute Gasteiger partial charge is 0.496 e. The lowest BCUT2D eigenvalue weighted by atomic mass is 10.1. The molecule has 1 rings (SSSR count). The maximum absolute atomic E-state index is 11.6. The van der Waals surface area contributed by atoms with Crippen LogP contribution in [0.25, 0.3) is 0 Å². The highest BCUT2D eigenvalue weighted by molar-refractivity contribution is 9.10. The highest BCUT2D eigenvalue weighted by Crippen LogP contribution is 2.33. The second-order valence-electron chi connectivity index (χ2n) is 5.80. The summed E-state index contributed by atoms with van der Waals surface area (Å²) in [6, 6.07) is 3.79. The molecule has 1 N–H and O–H groups in total. The average Bonchev–Trinajstić information content (AvgIpc) is 2.41. The second kappa shape index (κ2) is 8.39. The van der Waals surface area contributed by atoms with Crippen LogP contribution in [0.1, 0.15) is 26.3 Å². The molecule has 0 aliphatic rings. The van der Waals surface area contributed by atoms with Gasteiger partial charge in [0.1, 0.15) is 17.1 Å². The zero-order valence-corrected chi connectivity index (χ0v) is 15.4. The number of carbonyl (C=O) groups is 1. The van der Waals surface area contributed by atoms with Crippen LogP contribution in [0.2, 0.25) is 0 Å². The summed E-state index contributed by atoms with van der Waals surface area (Å²) in [6.45, 7) is 6.35. The molecule has 0 atom stereocenters. The molecule has 0 fully saturated rings. The molecule has 6 heteroatoms. The highest BCUT2D eigenvalue weighted by atomic mass is 79.9. The van der Waals surface area contributed by atoms with E-state index in [-0.39, 0.29) is 12.5 Å². The first-order valence-electron chi connectivity index (χ1n) is 7.10. The lowest BCUT2D eigenvalue weighted by Crippen LogP contribution is -2.32. The van der Waals surface area contributed by atoms with Gasteiger partial charge in [-0.05, 0) is 45.9 Å². The number of hydrogen-bond acceptors (Lipinski definition) is 5. The first-order chi connectivity index (χ1) is 10.3. The fourth-order valence-corrected chi connectivity index (χ4v) is 2.40. The van der Waals surface area contributed by atoms with Gasteiger partial charge in [-0.3, -0.25) is 4.79 Å². The third-order valence-electron chi connectivity index (χ3n) is 2.81. The van der Waals surface area contributed by atoms with Crippen LogP contribution in [-0.4, -0.2) is 38.9 Å². The minimum atomic E-state index is -0.461. The van der Waals surface area contributed by atoms with Crippen LogP contribution >= 0.6 is 15.9 Å². The molecular weight excluding hydrogens is 350 g/mol. The second-order valence-corrected chi connectivity index (χ2v) is 6.72. The molecule has 0 amide bonds. The molecule has 0 saturated heterocycles. The van der Waals surface area contributed by atoms with Gasteiger partial charge in [0.2, 0.25) is 0 Å².